The molecular formula is C10H8FO2S2-. The molecule has 80 valence electrons. The van der Waals surface area contributed by atoms with E-state index < -0.39 is 11.1 Å². The molecule has 0 amide bonds. The zero-order valence-corrected chi connectivity index (χ0v) is 9.37. The van der Waals surface area contributed by atoms with Crippen molar-refractivity contribution in [3.05, 3.63) is 35.0 Å². The Morgan fingerprint density at radius 1 is 1.47 bits per heavy atom. The van der Waals surface area contributed by atoms with Crippen LogP contribution >= 0.6 is 11.3 Å². The topological polar surface area (TPSA) is 40.1 Å². The van der Waals surface area contributed by atoms with E-state index in [2.05, 4.69) is 0 Å². The Morgan fingerprint density at radius 3 is 3.00 bits per heavy atom. The van der Waals surface area contributed by atoms with Gasteiger partial charge in [0.2, 0.25) is 0 Å². The average Bonchev–Trinajstić information content (AvgIpc) is 2.57. The molecule has 0 spiro atoms. The maximum atomic E-state index is 13.0. The standard InChI is InChI=1S/C10H9FO2S2/c11-8-1-2-10-9(5-8)7(6-14-10)3-4-15(12)13/h1-2,5-6H,3-4H2,(H,12,13)/p-1. The summed E-state index contributed by atoms with van der Waals surface area (Å²) in [7, 11) is 0. The molecule has 1 heterocycles. The van der Waals surface area contributed by atoms with Gasteiger partial charge in [0.25, 0.3) is 0 Å². The van der Waals surface area contributed by atoms with Gasteiger partial charge in [0.05, 0.1) is 0 Å². The molecule has 1 aromatic heterocycles. The highest BCUT2D eigenvalue weighted by Gasteiger charge is 2.04. The SMILES string of the molecule is O=S([O-])CCc1csc2ccc(F)cc12. The largest absolute Gasteiger partial charge is 0.772 e. The van der Waals surface area contributed by atoms with Gasteiger partial charge in [0.15, 0.2) is 0 Å². The molecule has 5 heteroatoms. The van der Waals surface area contributed by atoms with Crippen molar-refractivity contribution in [2.75, 3.05) is 5.75 Å². The van der Waals surface area contributed by atoms with Crippen molar-refractivity contribution < 1.29 is 13.2 Å². The number of benzene rings is 1. The maximum absolute atomic E-state index is 13.0. The first kappa shape index (κ1) is 10.7. The van der Waals surface area contributed by atoms with E-state index in [1.807, 2.05) is 5.38 Å². The molecule has 0 saturated carbocycles. The molecule has 2 aromatic rings. The Hall–Kier alpha value is -0.780. The van der Waals surface area contributed by atoms with Crippen LogP contribution in [0.4, 0.5) is 4.39 Å². The van der Waals surface area contributed by atoms with Gasteiger partial charge in [-0.3, -0.25) is 4.21 Å². The third-order valence-electron chi connectivity index (χ3n) is 2.15. The Labute approximate surface area is 93.0 Å². The number of hydrogen-bond donors (Lipinski definition) is 0. The van der Waals surface area contributed by atoms with Crippen LogP contribution in [0.3, 0.4) is 0 Å². The molecule has 1 unspecified atom stereocenters. The van der Waals surface area contributed by atoms with Gasteiger partial charge in [-0.1, -0.05) is 11.1 Å². The predicted molar refractivity (Wildman–Crippen MR) is 59.3 cm³/mol. The zero-order valence-electron chi connectivity index (χ0n) is 7.73. The second kappa shape index (κ2) is 4.38. The van der Waals surface area contributed by atoms with Crippen LogP contribution in [0.1, 0.15) is 5.56 Å². The van der Waals surface area contributed by atoms with Gasteiger partial charge in [-0.25, -0.2) is 4.39 Å². The highest BCUT2D eigenvalue weighted by Crippen LogP contribution is 2.27. The number of aryl methyl sites for hydroxylation is 1. The van der Waals surface area contributed by atoms with Crippen LogP contribution in [0, 0.1) is 5.82 Å². The third kappa shape index (κ3) is 2.42. The van der Waals surface area contributed by atoms with Gasteiger partial charge in [-0.05, 0) is 40.9 Å². The van der Waals surface area contributed by atoms with Gasteiger partial charge in [0, 0.05) is 10.5 Å². The molecule has 0 aliphatic rings. The molecule has 15 heavy (non-hydrogen) atoms. The predicted octanol–water partition coefficient (Wildman–Crippen LogP) is 2.46. The quantitative estimate of drug-likeness (QED) is 0.777. The first-order valence-corrected chi connectivity index (χ1v) is 6.50. The molecule has 1 atom stereocenters. The Morgan fingerprint density at radius 2 is 2.27 bits per heavy atom. The number of rotatable bonds is 3. The minimum Gasteiger partial charge on any atom is -0.772 e. The van der Waals surface area contributed by atoms with Gasteiger partial charge >= 0.3 is 0 Å². The molecular weight excluding hydrogens is 235 g/mol. The minimum absolute atomic E-state index is 0.0857. The summed E-state index contributed by atoms with van der Waals surface area (Å²) < 4.78 is 34.8. The Bertz CT molecular complexity index is 507. The highest BCUT2D eigenvalue weighted by atomic mass is 32.2. The van der Waals surface area contributed by atoms with Crippen LogP contribution in [0.25, 0.3) is 10.1 Å². The van der Waals surface area contributed by atoms with Crippen LogP contribution < -0.4 is 0 Å². The molecule has 0 fully saturated rings. The van der Waals surface area contributed by atoms with E-state index in [0.717, 1.165) is 15.6 Å². The van der Waals surface area contributed by atoms with Crippen molar-refractivity contribution in [1.29, 1.82) is 0 Å². The monoisotopic (exact) mass is 243 g/mol. The van der Waals surface area contributed by atoms with E-state index in [1.54, 1.807) is 6.07 Å². The normalized spacial score (nSPS) is 13.2. The van der Waals surface area contributed by atoms with Crippen LogP contribution in [-0.4, -0.2) is 14.5 Å². The van der Waals surface area contributed by atoms with Crippen molar-refractivity contribution in [3.63, 3.8) is 0 Å². The number of fused-ring (bicyclic) bond motifs is 1. The van der Waals surface area contributed by atoms with E-state index in [4.69, 9.17) is 0 Å². The van der Waals surface area contributed by atoms with E-state index in [1.165, 1.54) is 23.5 Å². The van der Waals surface area contributed by atoms with E-state index in [-0.39, 0.29) is 11.6 Å². The fourth-order valence-corrected chi connectivity index (χ4v) is 2.81. The van der Waals surface area contributed by atoms with Crippen molar-refractivity contribution in [2.24, 2.45) is 0 Å². The van der Waals surface area contributed by atoms with Crippen LogP contribution in [0.2, 0.25) is 0 Å². The molecule has 2 rings (SSSR count). The summed E-state index contributed by atoms with van der Waals surface area (Å²) in [5.74, 6) is -0.201. The van der Waals surface area contributed by atoms with Crippen LogP contribution in [-0.2, 0) is 17.5 Å². The lowest BCUT2D eigenvalue weighted by Gasteiger charge is -2.03. The minimum atomic E-state index is -2.04. The first-order valence-electron chi connectivity index (χ1n) is 4.38. The highest BCUT2D eigenvalue weighted by molar-refractivity contribution is 7.79. The average molecular weight is 243 g/mol. The van der Waals surface area contributed by atoms with Crippen molar-refractivity contribution in [2.45, 2.75) is 6.42 Å². The molecule has 1 aromatic carbocycles. The maximum Gasteiger partial charge on any atom is 0.123 e. The van der Waals surface area contributed by atoms with Gasteiger partial charge in [-0.2, -0.15) is 0 Å². The van der Waals surface area contributed by atoms with Crippen molar-refractivity contribution >= 4 is 32.5 Å². The second-order valence-corrected chi connectivity index (χ2v) is 5.09. The lowest BCUT2D eigenvalue weighted by Crippen LogP contribution is -1.98. The van der Waals surface area contributed by atoms with E-state index in [0.29, 0.717) is 6.42 Å². The zero-order chi connectivity index (χ0) is 10.8. The van der Waals surface area contributed by atoms with Gasteiger partial charge < -0.3 is 4.55 Å². The summed E-state index contributed by atoms with van der Waals surface area (Å²) in [5.41, 5.74) is 0.902. The molecule has 0 bridgehead atoms. The van der Waals surface area contributed by atoms with Crippen molar-refractivity contribution in [1.82, 2.24) is 0 Å². The summed E-state index contributed by atoms with van der Waals surface area (Å²) in [6.45, 7) is 0. The summed E-state index contributed by atoms with van der Waals surface area (Å²) in [4.78, 5) is 0. The molecule has 2 nitrogen and oxygen atoms in total. The molecule has 0 radical (unpaired) electrons. The van der Waals surface area contributed by atoms with E-state index in [9.17, 15) is 13.2 Å². The smallest absolute Gasteiger partial charge is 0.123 e. The fourth-order valence-electron chi connectivity index (χ4n) is 1.44. The van der Waals surface area contributed by atoms with Gasteiger partial charge in [-0.15, -0.1) is 11.3 Å². The number of halogens is 1. The van der Waals surface area contributed by atoms with E-state index >= 15 is 0 Å². The lowest BCUT2D eigenvalue weighted by atomic mass is 10.1. The number of thiophene rings is 1. The Balaban J connectivity index is 2.35. The van der Waals surface area contributed by atoms with Crippen LogP contribution in [0.15, 0.2) is 23.6 Å². The third-order valence-corrected chi connectivity index (χ3v) is 3.70. The first-order chi connectivity index (χ1) is 7.16. The summed E-state index contributed by atoms with van der Waals surface area (Å²) in [6.07, 6.45) is 0.444. The van der Waals surface area contributed by atoms with Gasteiger partial charge in [0.1, 0.15) is 5.82 Å². The fraction of sp³-hybridized carbons (Fsp3) is 0.200. The molecule has 0 aliphatic heterocycles. The molecule has 0 N–H and O–H groups in total. The summed E-state index contributed by atoms with van der Waals surface area (Å²) >= 11 is -0.531. The molecule has 0 saturated heterocycles. The Kier molecular flexibility index (Phi) is 3.14. The lowest BCUT2D eigenvalue weighted by molar-refractivity contribution is 0.536. The summed E-state index contributed by atoms with van der Waals surface area (Å²) in [6, 6.07) is 4.58. The summed E-state index contributed by atoms with van der Waals surface area (Å²) in [5, 5.41) is 2.71. The molecule has 0 aliphatic carbocycles. The second-order valence-electron chi connectivity index (χ2n) is 3.16. The van der Waals surface area contributed by atoms with Crippen molar-refractivity contribution in [3.8, 4) is 0 Å². The van der Waals surface area contributed by atoms with Crippen LogP contribution in [0.5, 0.6) is 0 Å². The number of hydrogen-bond acceptors (Lipinski definition) is 3.